The molecule has 1 aliphatic carbocycles. The molecule has 5 nitrogen and oxygen atoms in total. The molecule has 2 rings (SSSR count). The monoisotopic (exact) mass is 234 g/mol. The molecular formula is C12H18N4O. The van der Waals surface area contributed by atoms with Gasteiger partial charge in [0, 0.05) is 18.8 Å². The highest BCUT2D eigenvalue weighted by atomic mass is 16.2. The number of aromatic nitrogens is 1. The van der Waals surface area contributed by atoms with Gasteiger partial charge >= 0.3 is 0 Å². The third-order valence-electron chi connectivity index (χ3n) is 2.89. The Morgan fingerprint density at radius 2 is 2.41 bits per heavy atom. The molecule has 17 heavy (non-hydrogen) atoms. The fourth-order valence-corrected chi connectivity index (χ4v) is 1.92. The number of hydrogen-bond donors (Lipinski definition) is 2. The van der Waals surface area contributed by atoms with E-state index in [0.29, 0.717) is 17.4 Å². The average molecular weight is 234 g/mol. The van der Waals surface area contributed by atoms with Gasteiger partial charge in [-0.15, -0.1) is 0 Å². The van der Waals surface area contributed by atoms with Crippen LogP contribution in [0, 0.1) is 0 Å². The second kappa shape index (κ2) is 5.14. The lowest BCUT2D eigenvalue weighted by Crippen LogP contribution is -2.34. The second-order valence-electron chi connectivity index (χ2n) is 4.27. The lowest BCUT2D eigenvalue weighted by atomic mass is 10.2. The number of pyridine rings is 1. The largest absolute Gasteiger partial charge is 0.336 e. The molecule has 92 valence electrons. The molecule has 1 fully saturated rings. The Labute approximate surface area is 101 Å². The maximum atomic E-state index is 12.4. The Morgan fingerprint density at radius 1 is 1.65 bits per heavy atom. The van der Waals surface area contributed by atoms with E-state index in [9.17, 15) is 4.79 Å². The molecule has 1 aromatic rings. The van der Waals surface area contributed by atoms with Gasteiger partial charge in [-0.1, -0.05) is 6.92 Å². The number of carbonyl (C=O) groups excluding carboxylic acids is 1. The Hall–Kier alpha value is -1.62. The van der Waals surface area contributed by atoms with Crippen LogP contribution in [0.2, 0.25) is 0 Å². The van der Waals surface area contributed by atoms with E-state index in [4.69, 9.17) is 5.84 Å². The van der Waals surface area contributed by atoms with Crippen LogP contribution in [0.4, 0.5) is 5.82 Å². The molecule has 0 bridgehead atoms. The van der Waals surface area contributed by atoms with Crippen molar-refractivity contribution in [1.29, 1.82) is 0 Å². The normalized spacial score (nSPS) is 14.5. The maximum absolute atomic E-state index is 12.4. The minimum atomic E-state index is 0.0235. The van der Waals surface area contributed by atoms with E-state index in [1.54, 1.807) is 18.3 Å². The lowest BCUT2D eigenvalue weighted by molar-refractivity contribution is 0.0743. The summed E-state index contributed by atoms with van der Waals surface area (Å²) < 4.78 is 0. The summed E-state index contributed by atoms with van der Waals surface area (Å²) in [5.41, 5.74) is 3.03. The van der Waals surface area contributed by atoms with Crippen LogP contribution < -0.4 is 11.3 Å². The van der Waals surface area contributed by atoms with Crippen LogP contribution in [0.1, 0.15) is 36.5 Å². The number of carbonyl (C=O) groups is 1. The zero-order chi connectivity index (χ0) is 12.3. The SMILES string of the molecule is CCCN(C(=O)c1cccnc1NN)C1CC1. The van der Waals surface area contributed by atoms with Gasteiger partial charge in [0.1, 0.15) is 0 Å². The van der Waals surface area contributed by atoms with Gasteiger partial charge in [-0.3, -0.25) is 4.79 Å². The molecule has 1 amide bonds. The number of nitrogen functional groups attached to an aromatic ring is 1. The number of amides is 1. The first kappa shape index (κ1) is 11.9. The summed E-state index contributed by atoms with van der Waals surface area (Å²) in [5, 5.41) is 0. The predicted molar refractivity (Wildman–Crippen MR) is 66.4 cm³/mol. The van der Waals surface area contributed by atoms with Crippen LogP contribution in [-0.4, -0.2) is 28.4 Å². The molecule has 0 aromatic carbocycles. The Balaban J connectivity index is 2.21. The minimum Gasteiger partial charge on any atom is -0.336 e. The number of rotatable bonds is 5. The van der Waals surface area contributed by atoms with Crippen LogP contribution in [-0.2, 0) is 0 Å². The zero-order valence-electron chi connectivity index (χ0n) is 10.0. The van der Waals surface area contributed by atoms with E-state index in [-0.39, 0.29) is 5.91 Å². The van der Waals surface area contributed by atoms with Crippen molar-refractivity contribution in [1.82, 2.24) is 9.88 Å². The van der Waals surface area contributed by atoms with Crippen molar-refractivity contribution < 1.29 is 4.79 Å². The van der Waals surface area contributed by atoms with Crippen molar-refractivity contribution in [3.05, 3.63) is 23.9 Å². The molecule has 1 aliphatic rings. The molecule has 0 unspecified atom stereocenters. The second-order valence-corrected chi connectivity index (χ2v) is 4.27. The topological polar surface area (TPSA) is 71.2 Å². The standard InChI is InChI=1S/C12H18N4O/c1-2-8-16(9-5-6-9)12(17)10-4-3-7-14-11(10)15-13/h3-4,7,9H,2,5-6,8,13H2,1H3,(H,14,15). The Kier molecular flexibility index (Phi) is 3.58. The van der Waals surface area contributed by atoms with Crippen molar-refractivity contribution in [3.8, 4) is 0 Å². The smallest absolute Gasteiger partial charge is 0.257 e. The summed E-state index contributed by atoms with van der Waals surface area (Å²) in [6.07, 6.45) is 4.80. The first-order valence-corrected chi connectivity index (χ1v) is 6.00. The van der Waals surface area contributed by atoms with E-state index in [2.05, 4.69) is 17.3 Å². The molecule has 1 heterocycles. The number of hydrazine groups is 1. The molecule has 1 aromatic heterocycles. The Morgan fingerprint density at radius 3 is 3.00 bits per heavy atom. The van der Waals surface area contributed by atoms with Crippen LogP contribution >= 0.6 is 0 Å². The van der Waals surface area contributed by atoms with Crippen LogP contribution in [0.3, 0.4) is 0 Å². The number of anilines is 1. The van der Waals surface area contributed by atoms with Gasteiger partial charge in [-0.2, -0.15) is 0 Å². The molecule has 0 atom stereocenters. The first-order valence-electron chi connectivity index (χ1n) is 6.00. The third kappa shape index (κ3) is 2.55. The molecular weight excluding hydrogens is 216 g/mol. The maximum Gasteiger partial charge on any atom is 0.257 e. The van der Waals surface area contributed by atoms with Crippen molar-refractivity contribution in [2.45, 2.75) is 32.2 Å². The van der Waals surface area contributed by atoms with E-state index < -0.39 is 0 Å². The van der Waals surface area contributed by atoms with E-state index in [0.717, 1.165) is 25.8 Å². The van der Waals surface area contributed by atoms with Crippen molar-refractivity contribution in [2.75, 3.05) is 12.0 Å². The highest BCUT2D eigenvalue weighted by Crippen LogP contribution is 2.29. The van der Waals surface area contributed by atoms with Gasteiger partial charge in [0.25, 0.3) is 5.91 Å². The summed E-state index contributed by atoms with van der Waals surface area (Å²) in [5.74, 6) is 5.84. The van der Waals surface area contributed by atoms with Crippen molar-refractivity contribution in [2.24, 2.45) is 5.84 Å². The molecule has 0 saturated heterocycles. The molecule has 1 saturated carbocycles. The Bertz CT molecular complexity index is 403. The molecule has 5 heteroatoms. The lowest BCUT2D eigenvalue weighted by Gasteiger charge is -2.22. The highest BCUT2D eigenvalue weighted by Gasteiger charge is 2.33. The van der Waals surface area contributed by atoms with Crippen LogP contribution in [0.15, 0.2) is 18.3 Å². The number of nitrogens with zero attached hydrogens (tertiary/aromatic N) is 2. The minimum absolute atomic E-state index is 0.0235. The summed E-state index contributed by atoms with van der Waals surface area (Å²) in [6, 6.07) is 3.92. The highest BCUT2D eigenvalue weighted by molar-refractivity contribution is 5.99. The molecule has 0 aliphatic heterocycles. The van der Waals surface area contributed by atoms with E-state index in [1.165, 1.54) is 0 Å². The number of nitrogens with one attached hydrogen (secondary N) is 1. The zero-order valence-corrected chi connectivity index (χ0v) is 10.0. The average Bonchev–Trinajstić information content (AvgIpc) is 3.19. The fourth-order valence-electron chi connectivity index (χ4n) is 1.92. The van der Waals surface area contributed by atoms with Gasteiger partial charge in [0.15, 0.2) is 5.82 Å². The number of nitrogens with two attached hydrogens (primary N) is 1. The summed E-state index contributed by atoms with van der Waals surface area (Å²) in [6.45, 7) is 2.87. The summed E-state index contributed by atoms with van der Waals surface area (Å²) in [4.78, 5) is 18.4. The van der Waals surface area contributed by atoms with E-state index in [1.807, 2.05) is 4.90 Å². The number of hydrogen-bond acceptors (Lipinski definition) is 4. The van der Waals surface area contributed by atoms with Gasteiger partial charge < -0.3 is 10.3 Å². The van der Waals surface area contributed by atoms with Gasteiger partial charge in [-0.05, 0) is 31.4 Å². The van der Waals surface area contributed by atoms with Gasteiger partial charge in [0.2, 0.25) is 0 Å². The van der Waals surface area contributed by atoms with Crippen LogP contribution in [0.25, 0.3) is 0 Å². The van der Waals surface area contributed by atoms with Crippen LogP contribution in [0.5, 0.6) is 0 Å². The third-order valence-corrected chi connectivity index (χ3v) is 2.89. The van der Waals surface area contributed by atoms with Gasteiger partial charge in [-0.25, -0.2) is 10.8 Å². The van der Waals surface area contributed by atoms with E-state index >= 15 is 0 Å². The summed E-state index contributed by atoms with van der Waals surface area (Å²) >= 11 is 0. The van der Waals surface area contributed by atoms with Crippen molar-refractivity contribution in [3.63, 3.8) is 0 Å². The first-order chi connectivity index (χ1) is 8.27. The predicted octanol–water partition coefficient (Wildman–Crippen LogP) is 1.38. The molecule has 0 radical (unpaired) electrons. The van der Waals surface area contributed by atoms with Gasteiger partial charge in [0.05, 0.1) is 5.56 Å². The molecule has 3 N–H and O–H groups in total. The van der Waals surface area contributed by atoms with Crippen molar-refractivity contribution >= 4 is 11.7 Å². The fraction of sp³-hybridized carbons (Fsp3) is 0.500. The summed E-state index contributed by atoms with van der Waals surface area (Å²) in [7, 11) is 0. The molecule has 0 spiro atoms. The quantitative estimate of drug-likeness (QED) is 0.596.